The van der Waals surface area contributed by atoms with E-state index in [1.807, 2.05) is 0 Å². The van der Waals surface area contributed by atoms with Gasteiger partial charge in [-0.15, -0.1) is 0 Å². The van der Waals surface area contributed by atoms with Crippen molar-refractivity contribution >= 4 is 35.1 Å². The molecular weight excluding hydrogens is 343 g/mol. The van der Waals surface area contributed by atoms with E-state index in [0.29, 0.717) is 21.4 Å². The summed E-state index contributed by atoms with van der Waals surface area (Å²) in [5, 5.41) is 0.823. The molecule has 5 nitrogen and oxygen atoms in total. The minimum atomic E-state index is -0.480. The van der Waals surface area contributed by atoms with Crippen molar-refractivity contribution in [3.05, 3.63) is 27.7 Å². The Labute approximate surface area is 144 Å². The van der Waals surface area contributed by atoms with Crippen LogP contribution in [0.3, 0.4) is 0 Å². The lowest BCUT2D eigenvalue weighted by atomic mass is 9.74. The monoisotopic (exact) mass is 360 g/mol. The third-order valence-corrected chi connectivity index (χ3v) is 4.61. The molecule has 23 heavy (non-hydrogen) atoms. The molecule has 0 radical (unpaired) electrons. The third-order valence-electron chi connectivity index (χ3n) is 4.11. The molecule has 1 aromatic carbocycles. The highest BCUT2D eigenvalue weighted by atomic mass is 35.5. The van der Waals surface area contributed by atoms with Crippen molar-refractivity contribution in [3.8, 4) is 5.75 Å². The molecule has 1 heterocycles. The van der Waals surface area contributed by atoms with E-state index < -0.39 is 5.92 Å². The number of ether oxygens (including phenoxy) is 3. The summed E-state index contributed by atoms with van der Waals surface area (Å²) in [5.41, 5.74) is 0.709. The molecule has 0 saturated carbocycles. The van der Waals surface area contributed by atoms with Gasteiger partial charge in [-0.25, -0.2) is 0 Å². The van der Waals surface area contributed by atoms with E-state index in [2.05, 4.69) is 0 Å². The largest absolute Gasteiger partial charge is 0.491 e. The molecule has 1 aliphatic rings. The van der Waals surface area contributed by atoms with Gasteiger partial charge in [0.1, 0.15) is 5.75 Å². The van der Waals surface area contributed by atoms with Crippen molar-refractivity contribution < 1.29 is 23.8 Å². The van der Waals surface area contributed by atoms with E-state index >= 15 is 0 Å². The molecule has 0 amide bonds. The van der Waals surface area contributed by atoms with Gasteiger partial charge in [0.05, 0.1) is 38.2 Å². The Bertz CT molecular complexity index is 617. The predicted octanol–water partition coefficient (Wildman–Crippen LogP) is 3.46. The second-order valence-electron chi connectivity index (χ2n) is 5.49. The van der Waals surface area contributed by atoms with Gasteiger partial charge in [-0.05, 0) is 12.1 Å². The minimum Gasteiger partial charge on any atom is -0.491 e. The van der Waals surface area contributed by atoms with Crippen LogP contribution in [0, 0.1) is 11.8 Å². The van der Waals surface area contributed by atoms with Crippen molar-refractivity contribution in [2.24, 2.45) is 11.8 Å². The molecular formula is C16H18Cl2O5. The number of methoxy groups -OCH3 is 2. The number of rotatable bonds is 4. The van der Waals surface area contributed by atoms with Crippen molar-refractivity contribution in [3.63, 3.8) is 0 Å². The Balaban J connectivity index is 2.47. The molecule has 0 N–H and O–H groups in total. The van der Waals surface area contributed by atoms with Gasteiger partial charge in [0.25, 0.3) is 0 Å². The average molecular weight is 361 g/mol. The van der Waals surface area contributed by atoms with Crippen molar-refractivity contribution in [2.75, 3.05) is 20.8 Å². The third kappa shape index (κ3) is 3.72. The number of halogens is 2. The number of benzene rings is 1. The molecule has 126 valence electrons. The number of esters is 2. The Morgan fingerprint density at radius 2 is 2.00 bits per heavy atom. The van der Waals surface area contributed by atoms with Crippen LogP contribution >= 0.6 is 23.2 Å². The lowest BCUT2D eigenvalue weighted by molar-refractivity contribution is -0.148. The standard InChI is InChI=1S/C16H18Cl2O5/c1-8(16(20)22-3)14-9(4-13(19)21-2)7-23-15-11(14)5-10(17)6-12(15)18/h5-6,8-9,14H,4,7H2,1-3H3. The fraction of sp³-hybridized carbons (Fsp3) is 0.500. The summed E-state index contributed by atoms with van der Waals surface area (Å²) in [7, 11) is 2.66. The fourth-order valence-electron chi connectivity index (χ4n) is 3.02. The van der Waals surface area contributed by atoms with Gasteiger partial charge in [-0.1, -0.05) is 30.1 Å². The smallest absolute Gasteiger partial charge is 0.309 e. The number of hydrogen-bond acceptors (Lipinski definition) is 5. The van der Waals surface area contributed by atoms with Crippen molar-refractivity contribution in [1.29, 1.82) is 0 Å². The van der Waals surface area contributed by atoms with Gasteiger partial charge in [0.15, 0.2) is 0 Å². The summed E-state index contributed by atoms with van der Waals surface area (Å²) >= 11 is 12.3. The van der Waals surface area contributed by atoms with Gasteiger partial charge in [-0.3, -0.25) is 9.59 Å². The topological polar surface area (TPSA) is 61.8 Å². The first-order valence-electron chi connectivity index (χ1n) is 7.15. The normalized spacial score (nSPS) is 20.9. The Kier molecular flexibility index (Phi) is 5.76. The van der Waals surface area contributed by atoms with Crippen molar-refractivity contribution in [1.82, 2.24) is 0 Å². The summed E-state index contributed by atoms with van der Waals surface area (Å²) in [6, 6.07) is 3.30. The van der Waals surface area contributed by atoms with E-state index in [0.717, 1.165) is 0 Å². The number of hydrogen-bond donors (Lipinski definition) is 0. The van der Waals surface area contributed by atoms with Crippen LogP contribution in [0.2, 0.25) is 10.0 Å². The van der Waals surface area contributed by atoms with E-state index in [1.54, 1.807) is 19.1 Å². The fourth-order valence-corrected chi connectivity index (χ4v) is 3.59. The first kappa shape index (κ1) is 17.9. The molecule has 0 bridgehead atoms. The molecule has 2 rings (SSSR count). The van der Waals surface area contributed by atoms with Crippen LogP contribution < -0.4 is 4.74 Å². The molecule has 7 heteroatoms. The molecule has 3 unspecified atom stereocenters. The van der Waals surface area contributed by atoms with Gasteiger partial charge in [-0.2, -0.15) is 0 Å². The lowest BCUT2D eigenvalue weighted by Crippen LogP contribution is -2.35. The molecule has 1 aromatic rings. The van der Waals surface area contributed by atoms with Crippen LogP contribution in [0.5, 0.6) is 5.75 Å². The second kappa shape index (κ2) is 7.41. The van der Waals surface area contributed by atoms with Crippen LogP contribution in [0.25, 0.3) is 0 Å². The molecule has 0 spiro atoms. The SMILES string of the molecule is COC(=O)CC1COc2c(Cl)cc(Cl)cc2C1C(C)C(=O)OC. The average Bonchev–Trinajstić information content (AvgIpc) is 2.52. The van der Waals surface area contributed by atoms with E-state index in [1.165, 1.54) is 14.2 Å². The van der Waals surface area contributed by atoms with Crippen LogP contribution in [-0.4, -0.2) is 32.8 Å². The van der Waals surface area contributed by atoms with Crippen LogP contribution in [0.15, 0.2) is 12.1 Å². The van der Waals surface area contributed by atoms with Gasteiger partial charge in [0, 0.05) is 22.4 Å². The van der Waals surface area contributed by atoms with Crippen molar-refractivity contribution in [2.45, 2.75) is 19.3 Å². The zero-order valence-electron chi connectivity index (χ0n) is 13.1. The maximum atomic E-state index is 12.0. The Hall–Kier alpha value is -1.46. The van der Waals surface area contributed by atoms with Gasteiger partial charge >= 0.3 is 11.9 Å². The van der Waals surface area contributed by atoms with E-state index in [9.17, 15) is 9.59 Å². The number of carbonyl (C=O) groups excluding carboxylic acids is 2. The maximum Gasteiger partial charge on any atom is 0.309 e. The highest BCUT2D eigenvalue weighted by Crippen LogP contribution is 2.47. The first-order chi connectivity index (χ1) is 10.9. The number of fused-ring (bicyclic) bond motifs is 1. The maximum absolute atomic E-state index is 12.0. The van der Waals surface area contributed by atoms with Crippen LogP contribution in [0.1, 0.15) is 24.8 Å². The lowest BCUT2D eigenvalue weighted by Gasteiger charge is -2.36. The van der Waals surface area contributed by atoms with Crippen LogP contribution in [-0.2, 0) is 19.1 Å². The van der Waals surface area contributed by atoms with Gasteiger partial charge < -0.3 is 14.2 Å². The minimum absolute atomic E-state index is 0.131. The summed E-state index contributed by atoms with van der Waals surface area (Å²) in [6.07, 6.45) is 0.131. The first-order valence-corrected chi connectivity index (χ1v) is 7.91. The summed E-state index contributed by atoms with van der Waals surface area (Å²) in [4.78, 5) is 23.7. The Morgan fingerprint density at radius 3 is 2.61 bits per heavy atom. The van der Waals surface area contributed by atoms with E-state index in [-0.39, 0.29) is 36.8 Å². The summed E-state index contributed by atoms with van der Waals surface area (Å²) < 4.78 is 15.3. The molecule has 3 atom stereocenters. The molecule has 0 saturated heterocycles. The predicted molar refractivity (Wildman–Crippen MR) is 86.0 cm³/mol. The Morgan fingerprint density at radius 1 is 1.30 bits per heavy atom. The van der Waals surface area contributed by atoms with E-state index in [4.69, 9.17) is 37.4 Å². The zero-order chi connectivity index (χ0) is 17.1. The molecule has 1 aliphatic heterocycles. The molecule has 0 aliphatic carbocycles. The zero-order valence-corrected chi connectivity index (χ0v) is 14.6. The quantitative estimate of drug-likeness (QED) is 0.769. The molecule has 0 aromatic heterocycles. The second-order valence-corrected chi connectivity index (χ2v) is 6.34. The molecule has 0 fully saturated rings. The summed E-state index contributed by atoms with van der Waals surface area (Å²) in [6.45, 7) is 2.01. The summed E-state index contributed by atoms with van der Waals surface area (Å²) in [5.74, 6) is -1.25. The highest BCUT2D eigenvalue weighted by molar-refractivity contribution is 6.35. The number of carbonyl (C=O) groups is 2. The highest BCUT2D eigenvalue weighted by Gasteiger charge is 2.40. The van der Waals surface area contributed by atoms with Crippen LogP contribution in [0.4, 0.5) is 0 Å². The van der Waals surface area contributed by atoms with Gasteiger partial charge in [0.2, 0.25) is 0 Å².